The number of para-hydroxylation sites is 4. The molecule has 20 rings (SSSR count). The van der Waals surface area contributed by atoms with Crippen molar-refractivity contribution in [3.8, 4) is 55.6 Å². The lowest BCUT2D eigenvalue weighted by molar-refractivity contribution is 1.22. The lowest BCUT2D eigenvalue weighted by atomic mass is 9.30. The van der Waals surface area contributed by atoms with Crippen LogP contribution in [0.2, 0.25) is 0 Å². The van der Waals surface area contributed by atoms with E-state index in [0.29, 0.717) is 0 Å². The van der Waals surface area contributed by atoms with Crippen molar-refractivity contribution in [2.45, 2.75) is 69.2 Å². The molecule has 16 aromatic carbocycles. The smallest absolute Gasteiger partial charge is 0.252 e. The van der Waals surface area contributed by atoms with Crippen molar-refractivity contribution in [1.29, 1.82) is 0 Å². The number of hydrogen-bond donors (Lipinski definition) is 0. The average Bonchev–Trinajstić information content (AvgIpc) is 0.681. The number of hydrogen-bond acceptors (Lipinski definition) is 5. The van der Waals surface area contributed by atoms with Crippen LogP contribution < -0.4 is 57.3 Å². The number of nitrogens with zero attached hydrogens (tertiary/aromatic N) is 5. The van der Waals surface area contributed by atoms with Crippen LogP contribution in [-0.2, 0) is 0 Å². The molecule has 0 spiro atoms. The summed E-state index contributed by atoms with van der Waals surface area (Å²) < 4.78 is 0. The summed E-state index contributed by atoms with van der Waals surface area (Å²) in [4.78, 5) is 12.9. The van der Waals surface area contributed by atoms with E-state index < -0.39 is 0 Å². The molecule has 0 bridgehead atoms. The number of rotatable bonds is 12. The monoisotopic (exact) mass is 1450 g/mol. The maximum atomic E-state index is 2.68. The van der Waals surface area contributed by atoms with Crippen molar-refractivity contribution in [3.05, 3.63) is 389 Å². The molecule has 113 heavy (non-hydrogen) atoms. The molecule has 0 unspecified atom stereocenters. The quantitative estimate of drug-likeness (QED) is 0.113. The number of anilines is 15. The van der Waals surface area contributed by atoms with Gasteiger partial charge in [0.1, 0.15) is 0 Å². The summed E-state index contributed by atoms with van der Waals surface area (Å²) in [7, 11) is 0. The molecule has 540 valence electrons. The summed E-state index contributed by atoms with van der Waals surface area (Å²) in [6.45, 7) is 22.1. The predicted octanol–water partition coefficient (Wildman–Crippen LogP) is 24.7. The fourth-order valence-electron chi connectivity index (χ4n) is 19.8. The molecule has 16 aromatic rings. The molecule has 0 N–H and O–H groups in total. The zero-order valence-corrected chi connectivity index (χ0v) is 65.6. The topological polar surface area (TPSA) is 16.2 Å². The van der Waals surface area contributed by atoms with Gasteiger partial charge in [0.05, 0.1) is 5.69 Å². The first-order valence-corrected chi connectivity index (χ1v) is 39.8. The summed E-state index contributed by atoms with van der Waals surface area (Å²) in [5, 5.41) is 0. The maximum absolute atomic E-state index is 2.68. The van der Waals surface area contributed by atoms with Gasteiger partial charge >= 0.3 is 0 Å². The van der Waals surface area contributed by atoms with Gasteiger partial charge in [0.15, 0.2) is 0 Å². The summed E-state index contributed by atoms with van der Waals surface area (Å²) in [5.74, 6) is 0. The Morgan fingerprint density at radius 2 is 0.487 bits per heavy atom. The number of fused-ring (bicyclic) bond motifs is 8. The third-order valence-electron chi connectivity index (χ3n) is 24.7. The second-order valence-electron chi connectivity index (χ2n) is 31.7. The third kappa shape index (κ3) is 11.2. The fraction of sp³-hybridized carbons (Fsp3) is 0.0943. The molecular weight excluding hydrogens is 1360 g/mol. The largest absolute Gasteiger partial charge is 0.311 e. The highest BCUT2D eigenvalue weighted by Gasteiger charge is 2.49. The molecule has 5 nitrogen and oxygen atoms in total. The van der Waals surface area contributed by atoms with Crippen LogP contribution >= 0.6 is 0 Å². The van der Waals surface area contributed by atoms with Crippen LogP contribution in [0.15, 0.2) is 334 Å². The Kier molecular flexibility index (Phi) is 16.6. The van der Waals surface area contributed by atoms with E-state index in [4.69, 9.17) is 0 Å². The summed E-state index contributed by atoms with van der Waals surface area (Å²) in [6, 6.07) is 127. The SMILES string of the molecule is Cc1cccc(C)c1-c1ccc(N(c2ccc(-c3c(C)cccc3C)cc2)c2cc3c4c(c2)N(c2ccccc2)c2cc5c(cc2B4c2ccccc2N3c2ccccc2)B2c3ccc(-c4c(C)cccc4C)cc3N(c3cccc(-c4c(C)cccc4C)c3)c3cc(-c4c(C)cccc4C)cc(c32)N5c2ccccc2)cc1. The van der Waals surface area contributed by atoms with E-state index in [1.54, 1.807) is 0 Å². The first kappa shape index (κ1) is 68.9. The molecule has 4 aliphatic heterocycles. The number of aryl methyl sites for hydroxylation is 10. The van der Waals surface area contributed by atoms with Crippen molar-refractivity contribution < 1.29 is 0 Å². The van der Waals surface area contributed by atoms with Gasteiger partial charge in [-0.1, -0.05) is 218 Å². The van der Waals surface area contributed by atoms with Crippen molar-refractivity contribution >= 4 is 132 Å². The zero-order chi connectivity index (χ0) is 76.6. The first-order valence-electron chi connectivity index (χ1n) is 39.8. The first-order chi connectivity index (χ1) is 55.2. The molecule has 4 aliphatic rings. The normalized spacial score (nSPS) is 12.8. The third-order valence-corrected chi connectivity index (χ3v) is 24.7. The van der Waals surface area contributed by atoms with Crippen molar-refractivity contribution in [1.82, 2.24) is 0 Å². The Morgan fingerprint density at radius 1 is 0.186 bits per heavy atom. The van der Waals surface area contributed by atoms with E-state index in [-0.39, 0.29) is 13.4 Å². The van der Waals surface area contributed by atoms with Crippen LogP contribution in [0.5, 0.6) is 0 Å². The van der Waals surface area contributed by atoms with Gasteiger partial charge in [-0.05, 0) is 329 Å². The van der Waals surface area contributed by atoms with E-state index in [2.05, 4.69) is 427 Å². The van der Waals surface area contributed by atoms with Crippen molar-refractivity contribution in [2.75, 3.05) is 24.5 Å². The molecule has 4 heterocycles. The van der Waals surface area contributed by atoms with Gasteiger partial charge in [-0.3, -0.25) is 0 Å². The Balaban J connectivity index is 0.887. The molecule has 0 atom stereocenters. The molecule has 0 saturated carbocycles. The second kappa shape index (κ2) is 27.3. The van der Waals surface area contributed by atoms with Crippen LogP contribution in [0.1, 0.15) is 55.6 Å². The second-order valence-corrected chi connectivity index (χ2v) is 31.7. The van der Waals surface area contributed by atoms with Crippen molar-refractivity contribution in [2.24, 2.45) is 0 Å². The highest BCUT2D eigenvalue weighted by atomic mass is 15.2. The minimum atomic E-state index is -0.226. The Hall–Kier alpha value is -13.4. The molecular formula is C106H85B2N5. The van der Waals surface area contributed by atoms with Crippen LogP contribution in [0.25, 0.3) is 55.6 Å². The van der Waals surface area contributed by atoms with Gasteiger partial charge in [0.25, 0.3) is 13.4 Å². The Morgan fingerprint density at radius 3 is 0.912 bits per heavy atom. The minimum Gasteiger partial charge on any atom is -0.311 e. The Bertz CT molecular complexity index is 6330. The standard InChI is InChI=1S/C106H85B2N5/c1-66-28-22-29-67(2)100(66)76-48-53-84(54-49-76)109(85-55-50-77(51-56-85)101-68(3)30-23-31-69(101)4)87-62-98-106-99(63-87)112(83-43-18-13-19-44-83)95-65-94-91(64-90(95)107(106)88-46-20-21-47-92(88)110(98)81-39-14-11-15-40-81)108-89-57-52-79(103-72(7)34-25-35-73(103)8)59-93(89)113(86-45-27-38-78(58-86)102-70(5)32-24-33-71(102)6)97-61-80(104-74(9)36-26-37-75(104)10)60-96(105(97)108)111(94)82-41-16-12-17-42-82/h11-65H,1-10H3. The van der Waals surface area contributed by atoms with Gasteiger partial charge < -0.3 is 24.5 Å². The van der Waals surface area contributed by atoms with E-state index in [0.717, 1.165) is 79.6 Å². The molecule has 0 radical (unpaired) electrons. The lowest BCUT2D eigenvalue weighted by Crippen LogP contribution is -2.65. The molecule has 0 saturated heterocycles. The van der Waals surface area contributed by atoms with E-state index in [9.17, 15) is 0 Å². The van der Waals surface area contributed by atoms with Gasteiger partial charge in [-0.25, -0.2) is 0 Å². The van der Waals surface area contributed by atoms with E-state index in [1.807, 2.05) is 0 Å². The molecule has 0 fully saturated rings. The highest BCUT2D eigenvalue weighted by molar-refractivity contribution is 7.03. The molecule has 0 aliphatic carbocycles. The summed E-state index contributed by atoms with van der Waals surface area (Å²) >= 11 is 0. The lowest BCUT2D eigenvalue weighted by Gasteiger charge is -2.47. The van der Waals surface area contributed by atoms with Crippen molar-refractivity contribution in [3.63, 3.8) is 0 Å². The van der Waals surface area contributed by atoms with E-state index >= 15 is 0 Å². The fourth-order valence-corrected chi connectivity index (χ4v) is 19.8. The zero-order valence-electron chi connectivity index (χ0n) is 65.6. The van der Waals surface area contributed by atoms with Gasteiger partial charge in [-0.15, -0.1) is 0 Å². The van der Waals surface area contributed by atoms with Gasteiger partial charge in [0, 0.05) is 79.6 Å². The summed E-state index contributed by atoms with van der Waals surface area (Å²) in [5.41, 5.74) is 49.0. The van der Waals surface area contributed by atoms with Crippen LogP contribution in [0, 0.1) is 69.2 Å². The average molecular weight is 1450 g/mol. The molecule has 0 aromatic heterocycles. The van der Waals surface area contributed by atoms with Crippen LogP contribution in [-0.4, -0.2) is 13.4 Å². The van der Waals surface area contributed by atoms with Crippen LogP contribution in [0.3, 0.4) is 0 Å². The minimum absolute atomic E-state index is 0.219. The molecule has 7 heteroatoms. The highest BCUT2D eigenvalue weighted by Crippen LogP contribution is 2.53. The van der Waals surface area contributed by atoms with Crippen LogP contribution in [0.4, 0.5) is 85.3 Å². The maximum Gasteiger partial charge on any atom is 0.252 e. The molecule has 0 amide bonds. The summed E-state index contributed by atoms with van der Waals surface area (Å²) in [6.07, 6.45) is 0. The van der Waals surface area contributed by atoms with Gasteiger partial charge in [0.2, 0.25) is 0 Å². The predicted molar refractivity (Wildman–Crippen MR) is 484 cm³/mol. The van der Waals surface area contributed by atoms with E-state index in [1.165, 1.54) is 150 Å². The Labute approximate surface area is 665 Å². The number of benzene rings is 16. The van der Waals surface area contributed by atoms with Gasteiger partial charge in [-0.2, -0.15) is 0 Å².